The fraction of sp³-hybridized carbons (Fsp3) is 0.533. The van der Waals surface area contributed by atoms with E-state index in [1.165, 1.54) is 25.0 Å². The summed E-state index contributed by atoms with van der Waals surface area (Å²) >= 11 is 0. The molecule has 1 saturated carbocycles. The zero-order valence-electron chi connectivity index (χ0n) is 10.9. The highest BCUT2D eigenvalue weighted by molar-refractivity contribution is 5.79. The van der Waals surface area contributed by atoms with Gasteiger partial charge >= 0.3 is 0 Å². The smallest absolute Gasteiger partial charge is 0.227 e. The molecular formula is C15H20FNO. The topological polar surface area (TPSA) is 20.3 Å². The van der Waals surface area contributed by atoms with Crippen molar-refractivity contribution in [2.45, 2.75) is 45.1 Å². The summed E-state index contributed by atoms with van der Waals surface area (Å²) in [7, 11) is 0. The molecule has 0 aliphatic heterocycles. The number of carbonyl (C=O) groups excluding carboxylic acids is 1. The molecular weight excluding hydrogens is 229 g/mol. The van der Waals surface area contributed by atoms with Crippen LogP contribution in [0.4, 0.5) is 4.39 Å². The number of carbonyl (C=O) groups is 1. The summed E-state index contributed by atoms with van der Waals surface area (Å²) in [6, 6.07) is 6.62. The maximum absolute atomic E-state index is 12.8. The van der Waals surface area contributed by atoms with Gasteiger partial charge in [-0.2, -0.15) is 0 Å². The average Bonchev–Trinajstić information content (AvgIpc) is 2.87. The van der Waals surface area contributed by atoms with Crippen molar-refractivity contribution < 1.29 is 9.18 Å². The molecule has 0 atom stereocenters. The Balaban J connectivity index is 1.98. The van der Waals surface area contributed by atoms with Gasteiger partial charge in [0.25, 0.3) is 0 Å². The molecule has 0 radical (unpaired) electrons. The number of hydrogen-bond acceptors (Lipinski definition) is 1. The van der Waals surface area contributed by atoms with Crippen LogP contribution < -0.4 is 0 Å². The normalized spacial score (nSPS) is 15.9. The minimum absolute atomic E-state index is 0.163. The van der Waals surface area contributed by atoms with E-state index in [0.717, 1.165) is 24.9 Å². The molecule has 3 heteroatoms. The molecule has 98 valence electrons. The van der Waals surface area contributed by atoms with Gasteiger partial charge < -0.3 is 4.90 Å². The minimum Gasteiger partial charge on any atom is -0.340 e. The van der Waals surface area contributed by atoms with Gasteiger partial charge in [0.2, 0.25) is 5.91 Å². The Kier molecular flexibility index (Phi) is 4.34. The van der Waals surface area contributed by atoms with Gasteiger partial charge in [0.05, 0.1) is 6.42 Å². The molecule has 1 aromatic carbocycles. The van der Waals surface area contributed by atoms with Crippen LogP contribution in [0.15, 0.2) is 24.3 Å². The largest absolute Gasteiger partial charge is 0.340 e. The summed E-state index contributed by atoms with van der Waals surface area (Å²) in [5.41, 5.74) is 0.887. The summed E-state index contributed by atoms with van der Waals surface area (Å²) in [6.45, 7) is 2.80. The second-order valence-electron chi connectivity index (χ2n) is 4.92. The van der Waals surface area contributed by atoms with Gasteiger partial charge in [0.1, 0.15) is 5.82 Å². The van der Waals surface area contributed by atoms with Gasteiger partial charge in [-0.05, 0) is 37.5 Å². The van der Waals surface area contributed by atoms with Gasteiger partial charge in [-0.1, -0.05) is 25.0 Å². The van der Waals surface area contributed by atoms with E-state index in [9.17, 15) is 9.18 Å². The summed E-state index contributed by atoms with van der Waals surface area (Å²) in [6.07, 6.45) is 5.09. The van der Waals surface area contributed by atoms with Crippen molar-refractivity contribution in [2.75, 3.05) is 6.54 Å². The molecule has 2 rings (SSSR count). The van der Waals surface area contributed by atoms with Crippen molar-refractivity contribution in [3.8, 4) is 0 Å². The number of halogens is 1. The van der Waals surface area contributed by atoms with Crippen molar-refractivity contribution in [3.05, 3.63) is 35.6 Å². The molecule has 1 aromatic rings. The van der Waals surface area contributed by atoms with E-state index in [-0.39, 0.29) is 11.7 Å². The van der Waals surface area contributed by atoms with Crippen molar-refractivity contribution in [1.82, 2.24) is 4.90 Å². The number of amides is 1. The standard InChI is InChI=1S/C15H20FNO/c1-2-17(14-5-3-4-6-14)15(18)11-12-7-9-13(16)10-8-12/h7-10,14H,2-6,11H2,1H3. The molecule has 1 aliphatic rings. The first-order chi connectivity index (χ1) is 8.70. The van der Waals surface area contributed by atoms with Crippen LogP contribution in [0.3, 0.4) is 0 Å². The van der Waals surface area contributed by atoms with E-state index >= 15 is 0 Å². The Morgan fingerprint density at radius 3 is 2.44 bits per heavy atom. The minimum atomic E-state index is -0.255. The van der Waals surface area contributed by atoms with Gasteiger partial charge in [-0.25, -0.2) is 4.39 Å². The number of rotatable bonds is 4. The number of nitrogens with zero attached hydrogens (tertiary/aromatic N) is 1. The quantitative estimate of drug-likeness (QED) is 0.802. The van der Waals surface area contributed by atoms with Crippen LogP contribution in [-0.4, -0.2) is 23.4 Å². The van der Waals surface area contributed by atoms with E-state index in [2.05, 4.69) is 0 Å². The monoisotopic (exact) mass is 249 g/mol. The Bertz CT molecular complexity index is 395. The van der Waals surface area contributed by atoms with Gasteiger partial charge in [-0.3, -0.25) is 4.79 Å². The van der Waals surface area contributed by atoms with Crippen LogP contribution >= 0.6 is 0 Å². The van der Waals surface area contributed by atoms with Gasteiger partial charge in [-0.15, -0.1) is 0 Å². The van der Waals surface area contributed by atoms with Crippen LogP contribution in [0.2, 0.25) is 0 Å². The number of hydrogen-bond donors (Lipinski definition) is 0. The maximum atomic E-state index is 12.8. The molecule has 18 heavy (non-hydrogen) atoms. The lowest BCUT2D eigenvalue weighted by molar-refractivity contribution is -0.132. The molecule has 1 aliphatic carbocycles. The van der Waals surface area contributed by atoms with Crippen LogP contribution in [0, 0.1) is 5.82 Å². The van der Waals surface area contributed by atoms with E-state index in [1.807, 2.05) is 11.8 Å². The predicted octanol–water partition coefficient (Wildman–Crippen LogP) is 3.16. The van der Waals surface area contributed by atoms with Crippen LogP contribution in [0.25, 0.3) is 0 Å². The predicted molar refractivity (Wildman–Crippen MR) is 69.7 cm³/mol. The highest BCUT2D eigenvalue weighted by atomic mass is 19.1. The van der Waals surface area contributed by atoms with Gasteiger partial charge in [0, 0.05) is 12.6 Å². The second kappa shape index (κ2) is 5.98. The molecule has 0 spiro atoms. The summed E-state index contributed by atoms with van der Waals surface area (Å²) in [5.74, 6) is -0.0923. The third-order valence-corrected chi connectivity index (χ3v) is 3.70. The lowest BCUT2D eigenvalue weighted by Gasteiger charge is -2.27. The molecule has 0 N–H and O–H groups in total. The fourth-order valence-electron chi connectivity index (χ4n) is 2.73. The van der Waals surface area contributed by atoms with Gasteiger partial charge in [0.15, 0.2) is 0 Å². The lowest BCUT2D eigenvalue weighted by Crippen LogP contribution is -2.39. The Morgan fingerprint density at radius 1 is 1.28 bits per heavy atom. The van der Waals surface area contributed by atoms with E-state index in [4.69, 9.17) is 0 Å². The molecule has 0 unspecified atom stereocenters. The average molecular weight is 249 g/mol. The Labute approximate surface area is 108 Å². The highest BCUT2D eigenvalue weighted by Gasteiger charge is 2.25. The van der Waals surface area contributed by atoms with Crippen molar-refractivity contribution in [3.63, 3.8) is 0 Å². The third kappa shape index (κ3) is 3.09. The van der Waals surface area contributed by atoms with Crippen molar-refractivity contribution >= 4 is 5.91 Å². The molecule has 1 amide bonds. The highest BCUT2D eigenvalue weighted by Crippen LogP contribution is 2.23. The molecule has 1 fully saturated rings. The second-order valence-corrected chi connectivity index (χ2v) is 4.92. The first-order valence-corrected chi connectivity index (χ1v) is 6.74. The van der Waals surface area contributed by atoms with E-state index < -0.39 is 0 Å². The lowest BCUT2D eigenvalue weighted by atomic mass is 10.1. The van der Waals surface area contributed by atoms with Crippen LogP contribution in [0.5, 0.6) is 0 Å². The SMILES string of the molecule is CCN(C(=O)Cc1ccc(F)cc1)C1CCCC1. The maximum Gasteiger partial charge on any atom is 0.227 e. The molecule has 0 aromatic heterocycles. The Hall–Kier alpha value is -1.38. The van der Waals surface area contributed by atoms with Crippen molar-refractivity contribution in [2.24, 2.45) is 0 Å². The summed E-state index contributed by atoms with van der Waals surface area (Å²) < 4.78 is 12.8. The summed E-state index contributed by atoms with van der Waals surface area (Å²) in [4.78, 5) is 14.2. The van der Waals surface area contributed by atoms with Crippen LogP contribution in [-0.2, 0) is 11.2 Å². The van der Waals surface area contributed by atoms with Crippen LogP contribution in [0.1, 0.15) is 38.2 Å². The van der Waals surface area contributed by atoms with Crippen molar-refractivity contribution in [1.29, 1.82) is 0 Å². The molecule has 0 saturated heterocycles. The first kappa shape index (κ1) is 13.1. The molecule has 2 nitrogen and oxygen atoms in total. The molecule has 0 bridgehead atoms. The van der Waals surface area contributed by atoms with E-state index in [1.54, 1.807) is 12.1 Å². The summed E-state index contributed by atoms with van der Waals surface area (Å²) in [5, 5.41) is 0. The Morgan fingerprint density at radius 2 is 1.89 bits per heavy atom. The van der Waals surface area contributed by atoms with E-state index in [0.29, 0.717) is 12.5 Å². The molecule has 0 heterocycles. The first-order valence-electron chi connectivity index (χ1n) is 6.74. The zero-order chi connectivity index (χ0) is 13.0. The zero-order valence-corrected chi connectivity index (χ0v) is 10.9. The number of benzene rings is 1. The third-order valence-electron chi connectivity index (χ3n) is 3.70. The fourth-order valence-corrected chi connectivity index (χ4v) is 2.73. The number of likely N-dealkylation sites (N-methyl/N-ethyl adjacent to an activating group) is 1.